The summed E-state index contributed by atoms with van der Waals surface area (Å²) in [5.41, 5.74) is 1.73. The van der Waals surface area contributed by atoms with Crippen LogP contribution in [0.1, 0.15) is 37.2 Å². The summed E-state index contributed by atoms with van der Waals surface area (Å²) in [7, 11) is 0. The summed E-state index contributed by atoms with van der Waals surface area (Å²) in [5, 5.41) is 9.24. The maximum atomic E-state index is 9.24. The van der Waals surface area contributed by atoms with Crippen LogP contribution in [0.15, 0.2) is 0 Å². The van der Waals surface area contributed by atoms with Gasteiger partial charge in [0.2, 0.25) is 0 Å². The van der Waals surface area contributed by atoms with E-state index >= 15 is 0 Å². The average Bonchev–Trinajstić information content (AvgIpc) is 2.30. The van der Waals surface area contributed by atoms with Crippen LogP contribution in [-0.4, -0.2) is 15.1 Å². The first-order valence-corrected chi connectivity index (χ1v) is 3.88. The van der Waals surface area contributed by atoms with Crippen molar-refractivity contribution in [2.45, 2.75) is 33.3 Å². The van der Waals surface area contributed by atoms with Gasteiger partial charge in [0.05, 0.1) is 17.5 Å². The van der Waals surface area contributed by atoms with E-state index < -0.39 is 6.10 Å². The molecule has 1 aromatic heterocycles. The fourth-order valence-electron chi connectivity index (χ4n) is 1.11. The topological polar surface area (TPSA) is 48.9 Å². The SMILES string of the molecule is CCc1nc(C)c(C(C)O)[nH]1. The van der Waals surface area contributed by atoms with Gasteiger partial charge in [-0.05, 0) is 13.8 Å². The fourth-order valence-corrected chi connectivity index (χ4v) is 1.11. The number of rotatable bonds is 2. The predicted octanol–water partition coefficient (Wildman–Crippen LogP) is 1.33. The zero-order valence-electron chi connectivity index (χ0n) is 7.18. The van der Waals surface area contributed by atoms with Crippen molar-refractivity contribution in [2.24, 2.45) is 0 Å². The third kappa shape index (κ3) is 1.60. The Balaban J connectivity index is 2.97. The van der Waals surface area contributed by atoms with Crippen LogP contribution in [-0.2, 0) is 6.42 Å². The summed E-state index contributed by atoms with van der Waals surface area (Å²) >= 11 is 0. The molecule has 0 aromatic carbocycles. The van der Waals surface area contributed by atoms with Crippen LogP contribution in [0, 0.1) is 6.92 Å². The van der Waals surface area contributed by atoms with E-state index in [1.54, 1.807) is 6.92 Å². The van der Waals surface area contributed by atoms with Gasteiger partial charge in [0.15, 0.2) is 0 Å². The highest BCUT2D eigenvalue weighted by Crippen LogP contribution is 2.13. The normalized spacial score (nSPS) is 13.5. The van der Waals surface area contributed by atoms with Crippen LogP contribution in [0.25, 0.3) is 0 Å². The predicted molar refractivity (Wildman–Crippen MR) is 43.3 cm³/mol. The van der Waals surface area contributed by atoms with Gasteiger partial charge in [-0.15, -0.1) is 0 Å². The first-order valence-electron chi connectivity index (χ1n) is 3.88. The monoisotopic (exact) mass is 154 g/mol. The molecule has 3 nitrogen and oxygen atoms in total. The van der Waals surface area contributed by atoms with Gasteiger partial charge in [-0.3, -0.25) is 0 Å². The lowest BCUT2D eigenvalue weighted by molar-refractivity contribution is 0.194. The number of hydrogen-bond donors (Lipinski definition) is 2. The Morgan fingerprint density at radius 2 is 2.27 bits per heavy atom. The minimum Gasteiger partial charge on any atom is -0.387 e. The lowest BCUT2D eigenvalue weighted by Gasteiger charge is -1.99. The molecule has 3 heteroatoms. The van der Waals surface area contributed by atoms with Crippen molar-refractivity contribution in [1.82, 2.24) is 9.97 Å². The van der Waals surface area contributed by atoms with E-state index in [4.69, 9.17) is 0 Å². The largest absolute Gasteiger partial charge is 0.387 e. The third-order valence-electron chi connectivity index (χ3n) is 1.72. The van der Waals surface area contributed by atoms with E-state index in [2.05, 4.69) is 9.97 Å². The number of nitrogens with one attached hydrogen (secondary N) is 1. The fraction of sp³-hybridized carbons (Fsp3) is 0.625. The Morgan fingerprint density at radius 1 is 1.64 bits per heavy atom. The third-order valence-corrected chi connectivity index (χ3v) is 1.72. The molecule has 1 heterocycles. The van der Waals surface area contributed by atoms with Crippen molar-refractivity contribution in [3.63, 3.8) is 0 Å². The smallest absolute Gasteiger partial charge is 0.106 e. The van der Waals surface area contributed by atoms with Crippen LogP contribution in [0.3, 0.4) is 0 Å². The van der Waals surface area contributed by atoms with E-state index in [1.165, 1.54) is 0 Å². The van der Waals surface area contributed by atoms with Gasteiger partial charge in [-0.25, -0.2) is 4.98 Å². The summed E-state index contributed by atoms with van der Waals surface area (Å²) in [5.74, 6) is 0.943. The number of nitrogens with zero attached hydrogens (tertiary/aromatic N) is 1. The number of imidazole rings is 1. The van der Waals surface area contributed by atoms with Crippen LogP contribution < -0.4 is 0 Å². The van der Waals surface area contributed by atoms with Crippen LogP contribution >= 0.6 is 0 Å². The van der Waals surface area contributed by atoms with Crippen molar-refractivity contribution < 1.29 is 5.11 Å². The molecule has 1 aromatic rings. The van der Waals surface area contributed by atoms with E-state index in [0.29, 0.717) is 0 Å². The molecule has 11 heavy (non-hydrogen) atoms. The molecule has 0 saturated heterocycles. The second-order valence-electron chi connectivity index (χ2n) is 2.71. The van der Waals surface area contributed by atoms with E-state index in [-0.39, 0.29) is 0 Å². The van der Waals surface area contributed by atoms with Crippen LogP contribution in [0.2, 0.25) is 0 Å². The molecule has 1 unspecified atom stereocenters. The molecule has 0 bridgehead atoms. The minimum absolute atomic E-state index is 0.442. The molecule has 0 aliphatic rings. The second kappa shape index (κ2) is 3.05. The number of H-pyrrole nitrogens is 1. The molecule has 0 radical (unpaired) electrons. The number of aliphatic hydroxyl groups is 1. The van der Waals surface area contributed by atoms with E-state index in [1.807, 2.05) is 13.8 Å². The molecule has 62 valence electrons. The van der Waals surface area contributed by atoms with Crippen molar-refractivity contribution in [1.29, 1.82) is 0 Å². The molecule has 0 fully saturated rings. The lowest BCUT2D eigenvalue weighted by atomic mass is 10.2. The molecular weight excluding hydrogens is 140 g/mol. The highest BCUT2D eigenvalue weighted by atomic mass is 16.3. The average molecular weight is 154 g/mol. The highest BCUT2D eigenvalue weighted by Gasteiger charge is 2.08. The minimum atomic E-state index is -0.442. The Bertz CT molecular complexity index is 240. The summed E-state index contributed by atoms with van der Waals surface area (Å²) in [6, 6.07) is 0. The molecular formula is C8H14N2O. The maximum Gasteiger partial charge on any atom is 0.106 e. The van der Waals surface area contributed by atoms with Gasteiger partial charge in [0, 0.05) is 6.42 Å². The van der Waals surface area contributed by atoms with Gasteiger partial charge in [0.1, 0.15) is 5.82 Å². The first kappa shape index (κ1) is 8.27. The summed E-state index contributed by atoms with van der Waals surface area (Å²) in [6.45, 7) is 5.67. The zero-order valence-corrected chi connectivity index (χ0v) is 7.18. The van der Waals surface area contributed by atoms with Crippen molar-refractivity contribution in [2.75, 3.05) is 0 Å². The molecule has 2 N–H and O–H groups in total. The number of hydrogen-bond acceptors (Lipinski definition) is 2. The second-order valence-corrected chi connectivity index (χ2v) is 2.71. The summed E-state index contributed by atoms with van der Waals surface area (Å²) in [4.78, 5) is 7.30. The summed E-state index contributed by atoms with van der Waals surface area (Å²) in [6.07, 6.45) is 0.441. The first-order chi connectivity index (χ1) is 5.15. The van der Waals surface area contributed by atoms with Crippen LogP contribution in [0.4, 0.5) is 0 Å². The standard InChI is InChI=1S/C8H14N2O/c1-4-7-9-5(2)8(10-7)6(3)11/h6,11H,4H2,1-3H3,(H,9,10). The molecule has 0 spiro atoms. The Hall–Kier alpha value is -0.830. The molecule has 0 amide bonds. The van der Waals surface area contributed by atoms with E-state index in [0.717, 1.165) is 23.6 Å². The Kier molecular flexibility index (Phi) is 2.29. The molecule has 1 atom stereocenters. The highest BCUT2D eigenvalue weighted by molar-refractivity contribution is 5.14. The number of aromatic amines is 1. The number of aliphatic hydroxyl groups excluding tert-OH is 1. The van der Waals surface area contributed by atoms with Gasteiger partial charge < -0.3 is 10.1 Å². The molecule has 0 aliphatic heterocycles. The Labute approximate surface area is 66.5 Å². The lowest BCUT2D eigenvalue weighted by Crippen LogP contribution is -1.93. The van der Waals surface area contributed by atoms with Gasteiger partial charge in [-0.1, -0.05) is 6.92 Å². The van der Waals surface area contributed by atoms with Crippen molar-refractivity contribution in [3.8, 4) is 0 Å². The quantitative estimate of drug-likeness (QED) is 0.675. The Morgan fingerprint density at radius 3 is 2.55 bits per heavy atom. The maximum absolute atomic E-state index is 9.24. The van der Waals surface area contributed by atoms with Crippen molar-refractivity contribution >= 4 is 0 Å². The van der Waals surface area contributed by atoms with Crippen LogP contribution in [0.5, 0.6) is 0 Å². The number of aryl methyl sites for hydroxylation is 2. The molecule has 0 aliphatic carbocycles. The van der Waals surface area contributed by atoms with E-state index in [9.17, 15) is 5.11 Å². The van der Waals surface area contributed by atoms with Gasteiger partial charge in [0.25, 0.3) is 0 Å². The summed E-state index contributed by atoms with van der Waals surface area (Å²) < 4.78 is 0. The van der Waals surface area contributed by atoms with Gasteiger partial charge >= 0.3 is 0 Å². The molecule has 0 saturated carbocycles. The van der Waals surface area contributed by atoms with Crippen molar-refractivity contribution in [3.05, 3.63) is 17.2 Å². The number of aromatic nitrogens is 2. The van der Waals surface area contributed by atoms with Gasteiger partial charge in [-0.2, -0.15) is 0 Å². The molecule has 1 rings (SSSR count). The zero-order chi connectivity index (χ0) is 8.43.